The van der Waals surface area contributed by atoms with Crippen LogP contribution >= 0.6 is 0 Å². The number of aryl methyl sites for hydroxylation is 1. The van der Waals surface area contributed by atoms with Gasteiger partial charge in [-0.2, -0.15) is 22.8 Å². The van der Waals surface area contributed by atoms with Crippen LogP contribution in [0.15, 0.2) is 18.2 Å². The molecule has 0 spiro atoms. The van der Waals surface area contributed by atoms with Crippen LogP contribution in [0.5, 0.6) is 0 Å². The Morgan fingerprint density at radius 3 is 2.47 bits per heavy atom. The molecule has 2 aromatic rings. The third kappa shape index (κ3) is 2.51. The molecule has 1 N–H and O–H groups in total. The predicted molar refractivity (Wildman–Crippen MR) is 60.6 cm³/mol. The molecule has 4 nitrogen and oxygen atoms in total. The second kappa shape index (κ2) is 4.52. The molecule has 0 fully saturated rings. The molecule has 102 valence electrons. The lowest BCUT2D eigenvalue weighted by Gasteiger charge is -2.06. The largest absolute Gasteiger partial charge is 0.453 e. The zero-order chi connectivity index (χ0) is 14.2. The van der Waals surface area contributed by atoms with Crippen molar-refractivity contribution in [1.29, 1.82) is 0 Å². The van der Waals surface area contributed by atoms with E-state index in [4.69, 9.17) is 0 Å². The fourth-order valence-corrected chi connectivity index (χ4v) is 1.55. The molecule has 0 saturated heterocycles. The van der Waals surface area contributed by atoms with Crippen molar-refractivity contribution in [1.82, 2.24) is 14.8 Å². The van der Waals surface area contributed by atoms with E-state index in [1.165, 1.54) is 19.2 Å². The zero-order valence-electron chi connectivity index (χ0n) is 10.1. The summed E-state index contributed by atoms with van der Waals surface area (Å²) in [6.07, 6.45) is -4.68. The second-order valence-corrected chi connectivity index (χ2v) is 3.87. The van der Waals surface area contributed by atoms with Crippen LogP contribution in [0.4, 0.5) is 23.5 Å². The topological polar surface area (TPSA) is 42.7 Å². The molecule has 1 aromatic heterocycles. The number of halogens is 4. The van der Waals surface area contributed by atoms with Gasteiger partial charge in [-0.1, -0.05) is 6.07 Å². The summed E-state index contributed by atoms with van der Waals surface area (Å²) in [4.78, 5) is 3.29. The molecule has 0 aliphatic rings. The van der Waals surface area contributed by atoms with Gasteiger partial charge < -0.3 is 5.32 Å². The smallest absolute Gasteiger partial charge is 0.357 e. The standard InChI is InChI=1S/C11H10F4N4/c1-6-3-4-8(7(12)5-6)19-10(16-2)17-9(18-19)11(13,14)15/h3-5H,1-2H3,(H,16,17,18). The number of aromatic nitrogens is 3. The van der Waals surface area contributed by atoms with Gasteiger partial charge in [0.05, 0.1) is 0 Å². The van der Waals surface area contributed by atoms with Crippen LogP contribution in [0.1, 0.15) is 11.4 Å². The summed E-state index contributed by atoms with van der Waals surface area (Å²) >= 11 is 0. The molecule has 0 unspecified atom stereocenters. The highest BCUT2D eigenvalue weighted by Gasteiger charge is 2.37. The molecule has 2 rings (SSSR count). The number of nitrogens with zero attached hydrogens (tertiary/aromatic N) is 3. The van der Waals surface area contributed by atoms with Gasteiger partial charge in [-0.25, -0.2) is 4.39 Å². The number of nitrogens with one attached hydrogen (secondary N) is 1. The Bertz CT molecular complexity index is 603. The first kappa shape index (κ1) is 13.3. The second-order valence-electron chi connectivity index (χ2n) is 3.87. The summed E-state index contributed by atoms with van der Waals surface area (Å²) < 4.78 is 52.2. The van der Waals surface area contributed by atoms with E-state index in [0.717, 1.165) is 4.68 Å². The van der Waals surface area contributed by atoms with E-state index >= 15 is 0 Å². The minimum absolute atomic E-state index is 0.0991. The first-order chi connectivity index (χ1) is 8.82. The van der Waals surface area contributed by atoms with Crippen molar-refractivity contribution < 1.29 is 17.6 Å². The maximum Gasteiger partial charge on any atom is 0.453 e. The lowest BCUT2D eigenvalue weighted by molar-refractivity contribution is -0.144. The van der Waals surface area contributed by atoms with Crippen molar-refractivity contribution in [3.05, 3.63) is 35.4 Å². The molecular weight excluding hydrogens is 264 g/mol. The third-order valence-corrected chi connectivity index (χ3v) is 2.42. The molecule has 0 saturated carbocycles. The molecule has 8 heteroatoms. The van der Waals surface area contributed by atoms with Crippen molar-refractivity contribution in [2.24, 2.45) is 0 Å². The quantitative estimate of drug-likeness (QED) is 0.856. The third-order valence-electron chi connectivity index (χ3n) is 2.42. The SMILES string of the molecule is CNc1nc(C(F)(F)F)nn1-c1ccc(C)cc1F. The van der Waals surface area contributed by atoms with Crippen molar-refractivity contribution in [3.63, 3.8) is 0 Å². The summed E-state index contributed by atoms with van der Waals surface area (Å²) in [6.45, 7) is 1.67. The van der Waals surface area contributed by atoms with E-state index in [9.17, 15) is 17.6 Å². The van der Waals surface area contributed by atoms with Crippen LogP contribution in [-0.4, -0.2) is 21.8 Å². The molecule has 0 aliphatic heterocycles. The zero-order valence-corrected chi connectivity index (χ0v) is 10.1. The maximum atomic E-state index is 13.8. The van der Waals surface area contributed by atoms with Crippen molar-refractivity contribution in [2.75, 3.05) is 12.4 Å². The van der Waals surface area contributed by atoms with E-state index in [2.05, 4.69) is 15.4 Å². The van der Waals surface area contributed by atoms with Gasteiger partial charge in [0.1, 0.15) is 11.5 Å². The van der Waals surface area contributed by atoms with Crippen molar-refractivity contribution in [2.45, 2.75) is 13.1 Å². The van der Waals surface area contributed by atoms with E-state index in [1.807, 2.05) is 0 Å². The summed E-state index contributed by atoms with van der Waals surface area (Å²) in [6, 6.07) is 4.14. The van der Waals surface area contributed by atoms with Crippen LogP contribution < -0.4 is 5.32 Å². The van der Waals surface area contributed by atoms with Gasteiger partial charge in [-0.05, 0) is 24.6 Å². The van der Waals surface area contributed by atoms with Gasteiger partial charge >= 0.3 is 6.18 Å². The first-order valence-electron chi connectivity index (χ1n) is 5.31. The molecule has 1 aromatic carbocycles. The highest BCUT2D eigenvalue weighted by molar-refractivity contribution is 5.42. The lowest BCUT2D eigenvalue weighted by Crippen LogP contribution is -2.09. The number of hydrogen-bond donors (Lipinski definition) is 1. The average molecular weight is 274 g/mol. The van der Waals surface area contributed by atoms with E-state index < -0.39 is 17.8 Å². The number of alkyl halides is 3. The fraction of sp³-hybridized carbons (Fsp3) is 0.273. The highest BCUT2D eigenvalue weighted by atomic mass is 19.4. The predicted octanol–water partition coefficient (Wildman–Crippen LogP) is 2.78. The Hall–Kier alpha value is -2.12. The normalized spacial score (nSPS) is 11.7. The fourth-order valence-electron chi connectivity index (χ4n) is 1.55. The van der Waals surface area contributed by atoms with Crippen LogP contribution in [0.2, 0.25) is 0 Å². The molecule has 0 aliphatic carbocycles. The Labute approximate surface area is 106 Å². The molecule has 1 heterocycles. The summed E-state index contributed by atoms with van der Waals surface area (Å²) in [5.41, 5.74) is 0.557. The lowest BCUT2D eigenvalue weighted by atomic mass is 10.2. The Morgan fingerprint density at radius 2 is 1.95 bits per heavy atom. The molecule has 0 amide bonds. The Balaban J connectivity index is 2.58. The van der Waals surface area contributed by atoms with Crippen LogP contribution in [-0.2, 0) is 6.18 Å². The average Bonchev–Trinajstić information content (AvgIpc) is 2.72. The first-order valence-corrected chi connectivity index (χ1v) is 5.31. The maximum absolute atomic E-state index is 13.8. The minimum atomic E-state index is -4.68. The van der Waals surface area contributed by atoms with E-state index in [1.54, 1.807) is 13.0 Å². The van der Waals surface area contributed by atoms with Crippen LogP contribution in [0, 0.1) is 12.7 Å². The highest BCUT2D eigenvalue weighted by Crippen LogP contribution is 2.28. The Morgan fingerprint density at radius 1 is 1.26 bits per heavy atom. The number of hydrogen-bond acceptors (Lipinski definition) is 3. The van der Waals surface area contributed by atoms with Crippen LogP contribution in [0.25, 0.3) is 5.69 Å². The molecule has 0 radical (unpaired) electrons. The van der Waals surface area contributed by atoms with E-state index in [-0.39, 0.29) is 11.6 Å². The number of rotatable bonds is 2. The summed E-state index contributed by atoms with van der Waals surface area (Å²) in [5.74, 6) is -2.18. The molecule has 19 heavy (non-hydrogen) atoms. The molecule has 0 bridgehead atoms. The summed E-state index contributed by atoms with van der Waals surface area (Å²) in [5, 5.41) is 5.74. The summed E-state index contributed by atoms with van der Waals surface area (Å²) in [7, 11) is 1.38. The van der Waals surface area contributed by atoms with Gasteiger partial charge in [0, 0.05) is 7.05 Å². The van der Waals surface area contributed by atoms with Gasteiger partial charge in [-0.3, -0.25) is 0 Å². The number of benzene rings is 1. The monoisotopic (exact) mass is 274 g/mol. The van der Waals surface area contributed by atoms with Gasteiger partial charge in [-0.15, -0.1) is 5.10 Å². The van der Waals surface area contributed by atoms with E-state index in [0.29, 0.717) is 5.56 Å². The van der Waals surface area contributed by atoms with Gasteiger partial charge in [0.25, 0.3) is 5.82 Å². The van der Waals surface area contributed by atoms with Crippen molar-refractivity contribution >= 4 is 5.95 Å². The van der Waals surface area contributed by atoms with Gasteiger partial charge in [0.2, 0.25) is 5.95 Å². The molecular formula is C11H10F4N4. The molecule has 0 atom stereocenters. The van der Waals surface area contributed by atoms with Gasteiger partial charge in [0.15, 0.2) is 0 Å². The number of anilines is 1. The Kier molecular flexibility index (Phi) is 3.17. The minimum Gasteiger partial charge on any atom is -0.357 e. The van der Waals surface area contributed by atoms with Crippen molar-refractivity contribution in [3.8, 4) is 5.69 Å². The van der Waals surface area contributed by atoms with Crippen LogP contribution in [0.3, 0.4) is 0 Å².